The Labute approximate surface area is 249 Å². The lowest BCUT2D eigenvalue weighted by Crippen LogP contribution is -2.37. The molecule has 1 saturated heterocycles. The van der Waals surface area contributed by atoms with E-state index in [1.54, 1.807) is 30.3 Å². The van der Waals surface area contributed by atoms with Gasteiger partial charge in [0.2, 0.25) is 0 Å². The molecule has 220 valence electrons. The number of benzene rings is 3. The number of aromatic hydroxyl groups is 1. The number of rotatable bonds is 9. The van der Waals surface area contributed by atoms with Crippen LogP contribution in [-0.2, 0) is 9.57 Å². The highest BCUT2D eigenvalue weighted by Crippen LogP contribution is 2.33. The Morgan fingerprint density at radius 1 is 1.09 bits per heavy atom. The summed E-state index contributed by atoms with van der Waals surface area (Å²) in [5.74, 6) is -0.778. The standard InChI is InChI=1S/C33H33N5O5/c1-21-18-27-28(19-26(21)33(41)42-2)36-32(40)29(27)30(23-6-4-3-5-7-23)35-25-10-8-24(9-11-25)31(39)37-43-17-16-38-14-12-22(20-34)13-15-38/h3-11,18-19,22,36,40H,12-17H2,1-2H3,(H,37,39). The third-order valence-corrected chi connectivity index (χ3v) is 7.63. The molecular weight excluding hydrogens is 546 g/mol. The zero-order chi connectivity index (χ0) is 30.3. The Hall–Kier alpha value is -4.98. The number of H-pyrrole nitrogens is 1. The molecule has 1 amide bonds. The average Bonchev–Trinajstić information content (AvgIpc) is 3.36. The van der Waals surface area contributed by atoms with Crippen LogP contribution in [0.1, 0.15) is 50.2 Å². The van der Waals surface area contributed by atoms with Crippen molar-refractivity contribution in [3.05, 3.63) is 94.5 Å². The summed E-state index contributed by atoms with van der Waals surface area (Å²) in [4.78, 5) is 40.4. The molecule has 4 aromatic rings. The van der Waals surface area contributed by atoms with Gasteiger partial charge in [-0.3, -0.25) is 9.63 Å². The second-order valence-electron chi connectivity index (χ2n) is 10.5. The second kappa shape index (κ2) is 13.3. The minimum atomic E-state index is -0.460. The number of fused-ring (bicyclic) bond motifs is 1. The lowest BCUT2D eigenvalue weighted by molar-refractivity contribution is 0.0197. The molecule has 10 nitrogen and oxygen atoms in total. The molecular formula is C33H33N5O5. The van der Waals surface area contributed by atoms with Crippen LogP contribution in [0.5, 0.6) is 5.88 Å². The molecule has 0 saturated carbocycles. The summed E-state index contributed by atoms with van der Waals surface area (Å²) in [5, 5.41) is 20.7. The zero-order valence-electron chi connectivity index (χ0n) is 24.1. The van der Waals surface area contributed by atoms with Gasteiger partial charge in [0.05, 0.1) is 42.3 Å². The van der Waals surface area contributed by atoms with Crippen molar-refractivity contribution in [1.82, 2.24) is 15.4 Å². The maximum atomic E-state index is 12.6. The number of aromatic nitrogens is 1. The first-order valence-electron chi connectivity index (χ1n) is 14.1. The summed E-state index contributed by atoms with van der Waals surface area (Å²) >= 11 is 0. The normalized spacial score (nSPS) is 14.4. The summed E-state index contributed by atoms with van der Waals surface area (Å²) in [5.41, 5.74) is 6.95. The van der Waals surface area contributed by atoms with Crippen LogP contribution >= 0.6 is 0 Å². The number of carbonyl (C=O) groups excluding carboxylic acids is 2. The van der Waals surface area contributed by atoms with Crippen LogP contribution in [0.4, 0.5) is 5.69 Å². The number of methoxy groups -OCH3 is 1. The quantitative estimate of drug-likeness (QED) is 0.109. The van der Waals surface area contributed by atoms with E-state index < -0.39 is 5.97 Å². The van der Waals surface area contributed by atoms with Gasteiger partial charge < -0.3 is 19.7 Å². The van der Waals surface area contributed by atoms with Gasteiger partial charge in [-0.2, -0.15) is 5.26 Å². The maximum absolute atomic E-state index is 12.6. The van der Waals surface area contributed by atoms with E-state index in [4.69, 9.17) is 19.8 Å². The fourth-order valence-electron chi connectivity index (χ4n) is 5.22. The van der Waals surface area contributed by atoms with Gasteiger partial charge >= 0.3 is 5.97 Å². The van der Waals surface area contributed by atoms with Gasteiger partial charge in [0, 0.05) is 34.5 Å². The first kappa shape index (κ1) is 29.5. The van der Waals surface area contributed by atoms with E-state index in [-0.39, 0.29) is 17.7 Å². The minimum Gasteiger partial charge on any atom is -0.494 e. The molecule has 0 radical (unpaired) electrons. The summed E-state index contributed by atoms with van der Waals surface area (Å²) in [6, 6.07) is 22.1. The summed E-state index contributed by atoms with van der Waals surface area (Å²) < 4.78 is 4.90. The molecule has 1 aromatic heterocycles. The SMILES string of the molecule is COC(=O)c1cc2[nH]c(O)c(C(=Nc3ccc(C(=O)NOCCN4CCC(C#N)CC4)cc3)c3ccccc3)c2cc1C. The van der Waals surface area contributed by atoms with Crippen LogP contribution in [0.3, 0.4) is 0 Å². The molecule has 1 fully saturated rings. The molecule has 3 aromatic carbocycles. The third-order valence-electron chi connectivity index (χ3n) is 7.63. The Morgan fingerprint density at radius 3 is 2.49 bits per heavy atom. The Morgan fingerprint density at radius 2 is 1.81 bits per heavy atom. The van der Waals surface area contributed by atoms with E-state index in [9.17, 15) is 14.7 Å². The molecule has 0 atom stereocenters. The van der Waals surface area contributed by atoms with E-state index in [1.807, 2.05) is 43.3 Å². The fourth-order valence-corrected chi connectivity index (χ4v) is 5.22. The van der Waals surface area contributed by atoms with Crippen molar-refractivity contribution in [2.45, 2.75) is 19.8 Å². The maximum Gasteiger partial charge on any atom is 0.338 e. The summed E-state index contributed by atoms with van der Waals surface area (Å²) in [6.45, 7) is 4.55. The van der Waals surface area contributed by atoms with Crippen LogP contribution in [0, 0.1) is 24.2 Å². The Bertz CT molecular complexity index is 1680. The number of aliphatic imine (C=N–C) groups is 1. The number of hydroxylamine groups is 1. The first-order valence-corrected chi connectivity index (χ1v) is 14.1. The third kappa shape index (κ3) is 6.75. The van der Waals surface area contributed by atoms with Crippen LogP contribution < -0.4 is 5.48 Å². The Kier molecular flexibility index (Phi) is 9.15. The number of nitrogens with zero attached hydrogens (tertiary/aromatic N) is 3. The van der Waals surface area contributed by atoms with Gasteiger partial charge in [-0.05, 0) is 74.8 Å². The van der Waals surface area contributed by atoms with Crippen molar-refractivity contribution >= 4 is 34.2 Å². The van der Waals surface area contributed by atoms with E-state index in [0.29, 0.717) is 57.7 Å². The number of amides is 1. The average molecular weight is 580 g/mol. The van der Waals surface area contributed by atoms with Gasteiger partial charge in [0.15, 0.2) is 5.88 Å². The number of likely N-dealkylation sites (tertiary alicyclic amines) is 1. The number of aryl methyl sites for hydroxylation is 1. The first-order chi connectivity index (χ1) is 20.9. The van der Waals surface area contributed by atoms with Crippen LogP contribution in [-0.4, -0.2) is 65.9 Å². The number of esters is 1. The monoisotopic (exact) mass is 579 g/mol. The van der Waals surface area contributed by atoms with Crippen LogP contribution in [0.25, 0.3) is 10.9 Å². The van der Waals surface area contributed by atoms with Crippen molar-refractivity contribution < 1.29 is 24.3 Å². The second-order valence-corrected chi connectivity index (χ2v) is 10.5. The summed E-state index contributed by atoms with van der Waals surface area (Å²) in [6.07, 6.45) is 1.72. The Balaban J connectivity index is 1.34. The van der Waals surface area contributed by atoms with Crippen molar-refractivity contribution in [3.8, 4) is 11.9 Å². The molecule has 2 heterocycles. The van der Waals surface area contributed by atoms with E-state index in [0.717, 1.165) is 31.5 Å². The smallest absolute Gasteiger partial charge is 0.338 e. The van der Waals surface area contributed by atoms with Crippen LogP contribution in [0.15, 0.2) is 71.7 Å². The number of ether oxygens (including phenoxy) is 1. The van der Waals surface area contributed by atoms with Crippen LogP contribution in [0.2, 0.25) is 0 Å². The molecule has 1 aliphatic heterocycles. The van der Waals surface area contributed by atoms with Crippen molar-refractivity contribution in [2.24, 2.45) is 10.9 Å². The zero-order valence-corrected chi connectivity index (χ0v) is 24.1. The van der Waals surface area contributed by atoms with E-state index in [1.165, 1.54) is 7.11 Å². The minimum absolute atomic E-state index is 0.0819. The molecule has 1 aliphatic rings. The van der Waals surface area contributed by atoms with Gasteiger partial charge in [0.1, 0.15) is 0 Å². The number of nitrogens with one attached hydrogen (secondary N) is 2. The molecule has 0 unspecified atom stereocenters. The van der Waals surface area contributed by atoms with Gasteiger partial charge in [-0.15, -0.1) is 0 Å². The van der Waals surface area contributed by atoms with Gasteiger partial charge in [-0.1, -0.05) is 30.3 Å². The predicted octanol–water partition coefficient (Wildman–Crippen LogP) is 5.03. The lowest BCUT2D eigenvalue weighted by Gasteiger charge is -2.28. The molecule has 43 heavy (non-hydrogen) atoms. The highest BCUT2D eigenvalue weighted by atomic mass is 16.7. The number of aromatic amines is 1. The van der Waals surface area contributed by atoms with E-state index >= 15 is 0 Å². The predicted molar refractivity (Wildman–Crippen MR) is 162 cm³/mol. The highest BCUT2D eigenvalue weighted by Gasteiger charge is 2.22. The molecule has 0 aliphatic carbocycles. The largest absolute Gasteiger partial charge is 0.494 e. The molecule has 0 bridgehead atoms. The lowest BCUT2D eigenvalue weighted by atomic mass is 9.98. The van der Waals surface area contributed by atoms with Crippen molar-refractivity contribution in [2.75, 3.05) is 33.4 Å². The molecule has 0 spiro atoms. The van der Waals surface area contributed by atoms with Crippen molar-refractivity contribution in [3.63, 3.8) is 0 Å². The molecule has 5 rings (SSSR count). The topological polar surface area (TPSA) is 140 Å². The number of carbonyl (C=O) groups is 2. The highest BCUT2D eigenvalue weighted by molar-refractivity contribution is 6.22. The number of hydrogen-bond donors (Lipinski definition) is 3. The fraction of sp³-hybridized carbons (Fsp3) is 0.273. The molecule has 10 heteroatoms. The van der Waals surface area contributed by atoms with Crippen molar-refractivity contribution in [1.29, 1.82) is 5.26 Å². The van der Waals surface area contributed by atoms with Gasteiger partial charge in [0.25, 0.3) is 5.91 Å². The number of hydrogen-bond acceptors (Lipinski definition) is 8. The molecule has 3 N–H and O–H groups in total. The number of nitriles is 1. The van der Waals surface area contributed by atoms with E-state index in [2.05, 4.69) is 21.4 Å². The number of piperidine rings is 1. The van der Waals surface area contributed by atoms with Gasteiger partial charge in [-0.25, -0.2) is 15.3 Å². The summed E-state index contributed by atoms with van der Waals surface area (Å²) in [7, 11) is 1.33.